The fourth-order valence-electron chi connectivity index (χ4n) is 3.05. The zero-order chi connectivity index (χ0) is 21.2. The average molecular weight is 433 g/mol. The molecule has 4 nitrogen and oxygen atoms in total. The highest BCUT2D eigenvalue weighted by molar-refractivity contribution is 7.99. The first kappa shape index (κ1) is 23.3. The molecular weight excluding hydrogens is 404 g/mol. The van der Waals surface area contributed by atoms with Crippen LogP contribution in [0.1, 0.15) is 37.0 Å². The van der Waals surface area contributed by atoms with Crippen molar-refractivity contribution in [3.05, 3.63) is 70.2 Å². The number of hydrogen-bond donors (Lipinski definition) is 1. The summed E-state index contributed by atoms with van der Waals surface area (Å²) in [6, 6.07) is 15.2. The van der Waals surface area contributed by atoms with Crippen LogP contribution in [0.15, 0.2) is 48.5 Å². The quantitative estimate of drug-likeness (QED) is 0.585. The number of amides is 2. The lowest BCUT2D eigenvalue weighted by Crippen LogP contribution is -2.49. The molecule has 0 radical (unpaired) electrons. The summed E-state index contributed by atoms with van der Waals surface area (Å²) in [5, 5.41) is 3.57. The maximum atomic E-state index is 13.1. The molecule has 0 aliphatic rings. The summed E-state index contributed by atoms with van der Waals surface area (Å²) < 4.78 is 0. The summed E-state index contributed by atoms with van der Waals surface area (Å²) in [6.07, 6.45) is 0.568. The summed E-state index contributed by atoms with van der Waals surface area (Å²) in [4.78, 5) is 27.4. The number of carbonyl (C=O) groups excluding carboxylic acids is 2. The van der Waals surface area contributed by atoms with E-state index >= 15 is 0 Å². The standard InChI is InChI=1S/C23H29ClN2O2S/c1-4-21(23(28)25-5-2)26(14-18-12-10-17(3)11-13-18)22(27)16-29-15-19-8-6-7-9-20(19)24/h6-13,21H,4-5,14-16H2,1-3H3,(H,25,28)/t21-/m0/s1. The molecular formula is C23H29ClN2O2S. The number of nitrogens with one attached hydrogen (secondary N) is 1. The molecule has 0 aliphatic heterocycles. The van der Waals surface area contributed by atoms with Crippen molar-refractivity contribution in [1.29, 1.82) is 0 Å². The third kappa shape index (κ3) is 7.09. The average Bonchev–Trinajstić information content (AvgIpc) is 2.71. The van der Waals surface area contributed by atoms with Crippen LogP contribution < -0.4 is 5.32 Å². The predicted molar refractivity (Wildman–Crippen MR) is 122 cm³/mol. The minimum atomic E-state index is -0.482. The van der Waals surface area contributed by atoms with Gasteiger partial charge in [-0.15, -0.1) is 11.8 Å². The summed E-state index contributed by atoms with van der Waals surface area (Å²) >= 11 is 7.73. The van der Waals surface area contributed by atoms with Gasteiger partial charge in [-0.05, 0) is 37.5 Å². The van der Waals surface area contributed by atoms with Crippen LogP contribution in [0.5, 0.6) is 0 Å². The lowest BCUT2D eigenvalue weighted by molar-refractivity contribution is -0.139. The molecule has 0 heterocycles. The number of rotatable bonds is 10. The van der Waals surface area contributed by atoms with Gasteiger partial charge in [0.25, 0.3) is 0 Å². The monoisotopic (exact) mass is 432 g/mol. The summed E-state index contributed by atoms with van der Waals surface area (Å²) in [7, 11) is 0. The number of carbonyl (C=O) groups is 2. The van der Waals surface area contributed by atoms with Crippen LogP contribution in [0.25, 0.3) is 0 Å². The second-order valence-corrected chi connectivity index (χ2v) is 8.30. The molecule has 0 bridgehead atoms. The van der Waals surface area contributed by atoms with E-state index < -0.39 is 6.04 Å². The van der Waals surface area contributed by atoms with Crippen molar-refractivity contribution in [3.63, 3.8) is 0 Å². The highest BCUT2D eigenvalue weighted by atomic mass is 35.5. The number of halogens is 1. The molecule has 2 aromatic carbocycles. The number of nitrogens with zero attached hydrogens (tertiary/aromatic N) is 1. The molecule has 1 N–H and O–H groups in total. The van der Waals surface area contributed by atoms with E-state index in [1.165, 1.54) is 11.8 Å². The van der Waals surface area contributed by atoms with Gasteiger partial charge in [0.2, 0.25) is 11.8 Å². The van der Waals surface area contributed by atoms with Gasteiger partial charge in [-0.25, -0.2) is 0 Å². The molecule has 0 saturated carbocycles. The van der Waals surface area contributed by atoms with Gasteiger partial charge in [0, 0.05) is 23.9 Å². The Bertz CT molecular complexity index is 811. The summed E-state index contributed by atoms with van der Waals surface area (Å²) in [5.41, 5.74) is 3.19. The van der Waals surface area contributed by atoms with Crippen LogP contribution in [0.3, 0.4) is 0 Å². The second-order valence-electron chi connectivity index (χ2n) is 6.91. The van der Waals surface area contributed by atoms with Gasteiger partial charge < -0.3 is 10.2 Å². The summed E-state index contributed by atoms with van der Waals surface area (Å²) in [5.74, 6) is 0.807. The third-order valence-corrected chi connectivity index (χ3v) is 5.99. The van der Waals surface area contributed by atoms with E-state index in [4.69, 9.17) is 11.6 Å². The normalized spacial score (nSPS) is 11.7. The highest BCUT2D eigenvalue weighted by Crippen LogP contribution is 2.22. The van der Waals surface area contributed by atoms with Crippen LogP contribution in [-0.2, 0) is 21.9 Å². The lowest BCUT2D eigenvalue weighted by Gasteiger charge is -2.30. The Hall–Kier alpha value is -1.98. The molecule has 0 aromatic heterocycles. The van der Waals surface area contributed by atoms with E-state index in [2.05, 4.69) is 5.32 Å². The second kappa shape index (κ2) is 11.9. The largest absolute Gasteiger partial charge is 0.355 e. The molecule has 0 unspecified atom stereocenters. The number of aryl methyl sites for hydroxylation is 1. The number of benzene rings is 2. The van der Waals surface area contributed by atoms with Crippen LogP contribution in [0.2, 0.25) is 5.02 Å². The Labute approximate surface area is 183 Å². The van der Waals surface area contributed by atoms with E-state index in [9.17, 15) is 9.59 Å². The van der Waals surface area contributed by atoms with Gasteiger partial charge >= 0.3 is 0 Å². The molecule has 0 saturated heterocycles. The van der Waals surface area contributed by atoms with Crippen molar-refractivity contribution in [3.8, 4) is 0 Å². The van der Waals surface area contributed by atoms with Crippen molar-refractivity contribution < 1.29 is 9.59 Å². The molecule has 2 amide bonds. The number of hydrogen-bond acceptors (Lipinski definition) is 3. The molecule has 0 fully saturated rings. The van der Waals surface area contributed by atoms with Crippen molar-refractivity contribution in [2.75, 3.05) is 12.3 Å². The fraction of sp³-hybridized carbons (Fsp3) is 0.391. The highest BCUT2D eigenvalue weighted by Gasteiger charge is 2.28. The van der Waals surface area contributed by atoms with Crippen molar-refractivity contribution in [2.45, 2.75) is 45.5 Å². The first-order chi connectivity index (χ1) is 14.0. The fourth-order valence-corrected chi connectivity index (χ4v) is 4.24. The third-order valence-electron chi connectivity index (χ3n) is 4.65. The first-order valence-corrected chi connectivity index (χ1v) is 11.4. The van der Waals surface area contributed by atoms with Crippen LogP contribution in [0, 0.1) is 6.92 Å². The minimum absolute atomic E-state index is 0.0410. The predicted octanol–water partition coefficient (Wildman–Crippen LogP) is 4.83. The van der Waals surface area contributed by atoms with E-state index in [0.29, 0.717) is 36.0 Å². The molecule has 0 aliphatic carbocycles. The molecule has 0 spiro atoms. The molecule has 29 heavy (non-hydrogen) atoms. The molecule has 6 heteroatoms. The molecule has 2 rings (SSSR count). The van der Waals surface area contributed by atoms with Crippen LogP contribution in [-0.4, -0.2) is 35.1 Å². The first-order valence-electron chi connectivity index (χ1n) is 9.90. The topological polar surface area (TPSA) is 49.4 Å². The smallest absolute Gasteiger partial charge is 0.242 e. The maximum absolute atomic E-state index is 13.1. The Morgan fingerprint density at radius 3 is 2.41 bits per heavy atom. The molecule has 2 aromatic rings. The summed E-state index contributed by atoms with van der Waals surface area (Å²) in [6.45, 7) is 6.81. The number of likely N-dealkylation sites (N-methyl/N-ethyl adjacent to an activating group) is 1. The van der Waals surface area contributed by atoms with E-state index in [1.807, 2.05) is 69.3 Å². The van der Waals surface area contributed by atoms with Gasteiger partial charge in [0.1, 0.15) is 6.04 Å². The van der Waals surface area contributed by atoms with Gasteiger partial charge in [0.05, 0.1) is 5.75 Å². The van der Waals surface area contributed by atoms with E-state index in [0.717, 1.165) is 16.7 Å². The van der Waals surface area contributed by atoms with Crippen LogP contribution in [0.4, 0.5) is 0 Å². The number of thioether (sulfide) groups is 1. The Morgan fingerprint density at radius 2 is 1.79 bits per heavy atom. The Morgan fingerprint density at radius 1 is 1.10 bits per heavy atom. The van der Waals surface area contributed by atoms with Crippen LogP contribution >= 0.6 is 23.4 Å². The Kier molecular flexibility index (Phi) is 9.55. The Balaban J connectivity index is 2.11. The van der Waals surface area contributed by atoms with Gasteiger partial charge in [-0.3, -0.25) is 9.59 Å². The van der Waals surface area contributed by atoms with Gasteiger partial charge in [-0.2, -0.15) is 0 Å². The van der Waals surface area contributed by atoms with Gasteiger partial charge in [-0.1, -0.05) is 66.6 Å². The van der Waals surface area contributed by atoms with E-state index in [-0.39, 0.29) is 11.8 Å². The molecule has 1 atom stereocenters. The zero-order valence-corrected chi connectivity index (χ0v) is 18.9. The minimum Gasteiger partial charge on any atom is -0.355 e. The maximum Gasteiger partial charge on any atom is 0.242 e. The zero-order valence-electron chi connectivity index (χ0n) is 17.3. The van der Waals surface area contributed by atoms with E-state index in [1.54, 1.807) is 4.90 Å². The SMILES string of the molecule is CCNC(=O)[C@H](CC)N(Cc1ccc(C)cc1)C(=O)CSCc1ccccc1Cl. The molecule has 156 valence electrons. The lowest BCUT2D eigenvalue weighted by atomic mass is 10.1. The van der Waals surface area contributed by atoms with Crippen molar-refractivity contribution in [2.24, 2.45) is 0 Å². The van der Waals surface area contributed by atoms with Gasteiger partial charge in [0.15, 0.2) is 0 Å². The van der Waals surface area contributed by atoms with Crippen molar-refractivity contribution >= 4 is 35.2 Å². The van der Waals surface area contributed by atoms with Crippen molar-refractivity contribution in [1.82, 2.24) is 10.2 Å².